The van der Waals surface area contributed by atoms with Crippen LogP contribution in [0.1, 0.15) is 69.2 Å². The van der Waals surface area contributed by atoms with Gasteiger partial charge in [0.1, 0.15) is 12.2 Å². The topological polar surface area (TPSA) is 107 Å². The van der Waals surface area contributed by atoms with Crippen LogP contribution in [0.2, 0.25) is 0 Å². The van der Waals surface area contributed by atoms with E-state index in [0.29, 0.717) is 5.76 Å². The van der Waals surface area contributed by atoms with Crippen molar-refractivity contribution in [2.45, 2.75) is 87.5 Å². The standard InChI is InChI=1S/C24H43O9P/c1-15-16(2)21(33-19(5)25)20(32-17(15)3)12-34(27,30-13-28-18(4)23(6,7)8)31-14-29-22(26)24(9,10)11/h15-17,20-21H,4,12-14H2,1-3,5-11H3/t15-,16+,17-,20-,21-,34?/m0/s1. The number of carbonyl (C=O) groups excluding carboxylic acids is 2. The summed E-state index contributed by atoms with van der Waals surface area (Å²) in [6.07, 6.45) is -1.78. The van der Waals surface area contributed by atoms with Crippen LogP contribution in [0.3, 0.4) is 0 Å². The van der Waals surface area contributed by atoms with E-state index in [9.17, 15) is 14.2 Å². The van der Waals surface area contributed by atoms with Gasteiger partial charge >= 0.3 is 19.5 Å². The lowest BCUT2D eigenvalue weighted by Crippen LogP contribution is -2.51. The molecule has 0 aromatic carbocycles. The Kier molecular flexibility index (Phi) is 10.8. The Hall–Kier alpha value is -1.41. The molecule has 34 heavy (non-hydrogen) atoms. The van der Waals surface area contributed by atoms with Crippen LogP contribution < -0.4 is 0 Å². The molecule has 9 nitrogen and oxygen atoms in total. The van der Waals surface area contributed by atoms with Gasteiger partial charge in [-0.1, -0.05) is 41.2 Å². The highest BCUT2D eigenvalue weighted by atomic mass is 31.2. The highest BCUT2D eigenvalue weighted by molar-refractivity contribution is 7.53. The quantitative estimate of drug-likeness (QED) is 0.169. The fourth-order valence-electron chi connectivity index (χ4n) is 3.20. The zero-order valence-electron chi connectivity index (χ0n) is 22.3. The fourth-order valence-corrected chi connectivity index (χ4v) is 4.64. The number of hydrogen-bond acceptors (Lipinski definition) is 9. The molecule has 10 heteroatoms. The van der Waals surface area contributed by atoms with Crippen molar-refractivity contribution < 1.29 is 42.1 Å². The van der Waals surface area contributed by atoms with Crippen LogP contribution in [0, 0.1) is 22.7 Å². The molecule has 0 radical (unpaired) electrons. The van der Waals surface area contributed by atoms with Crippen molar-refractivity contribution in [3.05, 3.63) is 12.3 Å². The van der Waals surface area contributed by atoms with Gasteiger partial charge in [-0.3, -0.25) is 23.2 Å². The first-order valence-electron chi connectivity index (χ1n) is 11.6. The van der Waals surface area contributed by atoms with Crippen LogP contribution in [0.5, 0.6) is 0 Å². The van der Waals surface area contributed by atoms with Crippen molar-refractivity contribution in [3.63, 3.8) is 0 Å². The van der Waals surface area contributed by atoms with Gasteiger partial charge < -0.3 is 18.9 Å². The summed E-state index contributed by atoms with van der Waals surface area (Å²) in [6.45, 7) is 20.9. The maximum atomic E-state index is 13.7. The Labute approximate surface area is 204 Å². The minimum absolute atomic E-state index is 0.0539. The van der Waals surface area contributed by atoms with Gasteiger partial charge in [0.2, 0.25) is 6.79 Å². The van der Waals surface area contributed by atoms with Gasteiger partial charge in [0, 0.05) is 18.3 Å². The molecule has 1 aliphatic rings. The zero-order valence-corrected chi connectivity index (χ0v) is 23.2. The van der Waals surface area contributed by atoms with Crippen molar-refractivity contribution in [3.8, 4) is 0 Å². The maximum Gasteiger partial charge on any atom is 0.339 e. The molecule has 1 fully saturated rings. The van der Waals surface area contributed by atoms with Gasteiger partial charge in [-0.05, 0) is 33.6 Å². The van der Waals surface area contributed by atoms with Crippen LogP contribution in [-0.2, 0) is 42.1 Å². The predicted octanol–water partition coefficient (Wildman–Crippen LogP) is 5.28. The monoisotopic (exact) mass is 506 g/mol. The Morgan fingerprint density at radius 3 is 1.91 bits per heavy atom. The number of rotatable bonds is 10. The van der Waals surface area contributed by atoms with E-state index >= 15 is 0 Å². The van der Waals surface area contributed by atoms with Gasteiger partial charge in [0.05, 0.1) is 23.4 Å². The van der Waals surface area contributed by atoms with Crippen molar-refractivity contribution in [2.24, 2.45) is 22.7 Å². The van der Waals surface area contributed by atoms with Crippen LogP contribution in [-0.4, -0.2) is 50.0 Å². The molecule has 1 unspecified atom stereocenters. The van der Waals surface area contributed by atoms with Crippen LogP contribution in [0.4, 0.5) is 0 Å². The Morgan fingerprint density at radius 2 is 1.44 bits per heavy atom. The van der Waals surface area contributed by atoms with E-state index in [1.54, 1.807) is 20.8 Å². The first-order chi connectivity index (χ1) is 15.4. The van der Waals surface area contributed by atoms with E-state index in [2.05, 4.69) is 6.58 Å². The van der Waals surface area contributed by atoms with Gasteiger partial charge in [0.25, 0.3) is 0 Å². The summed E-state index contributed by atoms with van der Waals surface area (Å²) in [6, 6.07) is 0. The molecule has 1 heterocycles. The second-order valence-corrected chi connectivity index (χ2v) is 13.1. The Balaban J connectivity index is 3.04. The van der Waals surface area contributed by atoms with Gasteiger partial charge in [-0.25, -0.2) is 0 Å². The van der Waals surface area contributed by atoms with Crippen molar-refractivity contribution in [2.75, 3.05) is 19.7 Å². The molecular formula is C24H43O9P. The van der Waals surface area contributed by atoms with Crippen LogP contribution in [0.25, 0.3) is 0 Å². The lowest BCUT2D eigenvalue weighted by atomic mass is 9.82. The largest absolute Gasteiger partial charge is 0.471 e. The average Bonchev–Trinajstić information content (AvgIpc) is 2.67. The van der Waals surface area contributed by atoms with Gasteiger partial charge in [-0.2, -0.15) is 0 Å². The highest BCUT2D eigenvalue weighted by Gasteiger charge is 2.46. The lowest BCUT2D eigenvalue weighted by Gasteiger charge is -2.43. The Morgan fingerprint density at radius 1 is 0.912 bits per heavy atom. The summed E-state index contributed by atoms with van der Waals surface area (Å²) in [5.74, 6) is -0.484. The third-order valence-electron chi connectivity index (χ3n) is 5.92. The normalized spacial score (nSPS) is 27.4. The number of esters is 2. The Bertz CT molecular complexity index is 729. The van der Waals surface area contributed by atoms with Crippen LogP contribution >= 0.6 is 7.60 Å². The second-order valence-electron chi connectivity index (χ2n) is 11.0. The molecule has 0 spiro atoms. The molecule has 1 saturated heterocycles. The van der Waals surface area contributed by atoms with Crippen molar-refractivity contribution >= 4 is 19.5 Å². The number of ether oxygens (including phenoxy) is 4. The van der Waals surface area contributed by atoms with Crippen LogP contribution in [0.15, 0.2) is 12.3 Å². The molecule has 0 N–H and O–H groups in total. The smallest absolute Gasteiger partial charge is 0.339 e. The van der Waals surface area contributed by atoms with E-state index in [0.717, 1.165) is 0 Å². The zero-order chi connectivity index (χ0) is 26.5. The number of hydrogen-bond donors (Lipinski definition) is 0. The third-order valence-corrected chi connectivity index (χ3v) is 7.73. The van der Waals surface area contributed by atoms with Gasteiger partial charge in [0.15, 0.2) is 6.79 Å². The van der Waals surface area contributed by atoms with E-state index in [-0.39, 0.29) is 36.3 Å². The highest BCUT2D eigenvalue weighted by Crippen LogP contribution is 2.51. The first-order valence-corrected chi connectivity index (χ1v) is 13.3. The van der Waals surface area contributed by atoms with Crippen molar-refractivity contribution in [1.82, 2.24) is 0 Å². The third kappa shape index (κ3) is 9.33. The van der Waals surface area contributed by atoms with E-state index in [1.165, 1.54) is 6.92 Å². The molecule has 1 rings (SSSR count). The molecule has 1 aliphatic heterocycles. The first kappa shape index (κ1) is 30.6. The van der Waals surface area contributed by atoms with E-state index in [1.807, 2.05) is 41.5 Å². The minimum atomic E-state index is -3.92. The molecule has 0 saturated carbocycles. The molecule has 198 valence electrons. The molecule has 0 bridgehead atoms. The summed E-state index contributed by atoms with van der Waals surface area (Å²) in [5.41, 5.74) is -1.10. The summed E-state index contributed by atoms with van der Waals surface area (Å²) < 4.78 is 47.0. The van der Waals surface area contributed by atoms with Crippen molar-refractivity contribution in [1.29, 1.82) is 0 Å². The molecule has 0 amide bonds. The average molecular weight is 507 g/mol. The molecule has 6 atom stereocenters. The second kappa shape index (κ2) is 12.0. The summed E-state index contributed by atoms with van der Waals surface area (Å²) in [4.78, 5) is 23.8. The summed E-state index contributed by atoms with van der Waals surface area (Å²) in [7, 11) is -3.92. The molecule has 0 aromatic rings. The summed E-state index contributed by atoms with van der Waals surface area (Å²) in [5, 5.41) is 0. The number of allylic oxidation sites excluding steroid dienone is 1. The summed E-state index contributed by atoms with van der Waals surface area (Å²) >= 11 is 0. The molecular weight excluding hydrogens is 463 g/mol. The fraction of sp³-hybridized carbons (Fsp3) is 0.833. The number of carbonyl (C=O) groups is 2. The van der Waals surface area contributed by atoms with Gasteiger partial charge in [-0.15, -0.1) is 0 Å². The van der Waals surface area contributed by atoms with E-state index < -0.39 is 44.0 Å². The van der Waals surface area contributed by atoms with E-state index in [4.69, 9.17) is 28.0 Å². The minimum Gasteiger partial charge on any atom is -0.471 e. The predicted molar refractivity (Wildman–Crippen MR) is 128 cm³/mol. The SMILES string of the molecule is C=C(OCOP(=O)(C[C@@H]1O[C@@H](C)[C@@H](C)[C@@H](C)[C@@H]1OC(C)=O)OCOC(=O)C(C)(C)C)C(C)(C)C. The molecule has 0 aromatic heterocycles. The maximum absolute atomic E-state index is 13.7. The lowest BCUT2D eigenvalue weighted by molar-refractivity contribution is -0.187. The molecule has 0 aliphatic carbocycles.